The van der Waals surface area contributed by atoms with E-state index in [1.54, 1.807) is 12.1 Å². The first-order chi connectivity index (χ1) is 17.4. The number of ether oxygens (including phenoxy) is 1. The Bertz CT molecular complexity index is 1290. The van der Waals surface area contributed by atoms with Gasteiger partial charge in [-0.2, -0.15) is 0 Å². The number of halogens is 1. The number of amides is 1. The second kappa shape index (κ2) is 11.9. The summed E-state index contributed by atoms with van der Waals surface area (Å²) in [7, 11) is 0. The van der Waals surface area contributed by atoms with E-state index >= 15 is 0 Å². The summed E-state index contributed by atoms with van der Waals surface area (Å²) in [4.78, 5) is 25.4. The number of nitrogens with zero attached hydrogens (tertiary/aromatic N) is 2. The Kier molecular flexibility index (Phi) is 8.47. The van der Waals surface area contributed by atoms with Crippen LogP contribution in [0.4, 0.5) is 11.4 Å². The molecule has 1 amide bonds. The third kappa shape index (κ3) is 6.78. The van der Waals surface area contributed by atoms with E-state index in [-0.39, 0.29) is 10.8 Å². The van der Waals surface area contributed by atoms with Crippen LogP contribution in [-0.2, 0) is 16.1 Å². The number of benzene rings is 2. The van der Waals surface area contributed by atoms with Gasteiger partial charge in [-0.25, -0.2) is 0 Å². The van der Waals surface area contributed by atoms with Crippen LogP contribution in [0.5, 0.6) is 0 Å². The van der Waals surface area contributed by atoms with Gasteiger partial charge in [0.2, 0.25) is 5.91 Å². The molecule has 1 aliphatic heterocycles. The average molecular weight is 571 g/mol. The number of hydrogen-bond acceptors (Lipinski definition) is 7. The zero-order chi connectivity index (χ0) is 25.5. The normalized spacial score (nSPS) is 13.5. The van der Waals surface area contributed by atoms with Gasteiger partial charge in [-0.05, 0) is 54.2 Å². The van der Waals surface area contributed by atoms with Crippen LogP contribution in [0.15, 0.2) is 69.6 Å². The molecule has 0 saturated carbocycles. The number of rotatable bonds is 7. The van der Waals surface area contributed by atoms with Gasteiger partial charge >= 0.3 is 0 Å². The van der Waals surface area contributed by atoms with Crippen molar-refractivity contribution in [3.63, 3.8) is 0 Å². The molecule has 1 aromatic heterocycles. The van der Waals surface area contributed by atoms with Crippen molar-refractivity contribution in [3.8, 4) is 11.3 Å². The lowest BCUT2D eigenvalue weighted by molar-refractivity contribution is -0.384. The fourth-order valence-electron chi connectivity index (χ4n) is 3.64. The molecule has 11 heteroatoms. The van der Waals surface area contributed by atoms with Crippen molar-refractivity contribution >= 4 is 56.6 Å². The van der Waals surface area contributed by atoms with E-state index in [1.165, 1.54) is 18.2 Å². The third-order valence-corrected chi connectivity index (χ3v) is 6.20. The Labute approximate surface area is 221 Å². The van der Waals surface area contributed by atoms with E-state index in [1.807, 2.05) is 41.3 Å². The van der Waals surface area contributed by atoms with Crippen molar-refractivity contribution in [2.24, 2.45) is 0 Å². The topological polar surface area (TPSA) is 110 Å². The minimum atomic E-state index is -0.456. The Morgan fingerprint density at radius 1 is 1.14 bits per heavy atom. The number of thiocarbonyl (C=S) groups is 1. The summed E-state index contributed by atoms with van der Waals surface area (Å²) in [6, 6.07) is 16.3. The molecule has 0 aliphatic carbocycles. The summed E-state index contributed by atoms with van der Waals surface area (Å²) in [5.41, 5.74) is 2.00. The first kappa shape index (κ1) is 25.5. The summed E-state index contributed by atoms with van der Waals surface area (Å²) in [5.74, 6) is 0.932. The van der Waals surface area contributed by atoms with E-state index in [9.17, 15) is 14.9 Å². The van der Waals surface area contributed by atoms with Gasteiger partial charge in [-0.15, -0.1) is 0 Å². The van der Waals surface area contributed by atoms with Crippen molar-refractivity contribution < 1.29 is 18.9 Å². The number of carbonyl (C=O) groups excluding carboxylic acids is 1. The van der Waals surface area contributed by atoms with Crippen LogP contribution in [0.1, 0.15) is 11.3 Å². The van der Waals surface area contributed by atoms with E-state index in [0.717, 1.165) is 15.8 Å². The van der Waals surface area contributed by atoms with E-state index in [0.29, 0.717) is 49.9 Å². The van der Waals surface area contributed by atoms with Crippen LogP contribution in [0, 0.1) is 10.1 Å². The van der Waals surface area contributed by atoms with Crippen LogP contribution in [0.3, 0.4) is 0 Å². The summed E-state index contributed by atoms with van der Waals surface area (Å²) >= 11 is 8.60. The molecule has 0 unspecified atom stereocenters. The molecular formula is C25H23BrN4O5S. The predicted octanol–water partition coefficient (Wildman–Crippen LogP) is 4.66. The number of furan rings is 1. The molecule has 2 heterocycles. The number of hydrogen-bond donors (Lipinski definition) is 2. The minimum absolute atomic E-state index is 0.0161. The lowest BCUT2D eigenvalue weighted by Crippen LogP contribution is -2.37. The molecule has 9 nitrogen and oxygen atoms in total. The van der Waals surface area contributed by atoms with E-state index < -0.39 is 10.8 Å². The van der Waals surface area contributed by atoms with Gasteiger partial charge < -0.3 is 19.4 Å². The number of carbonyl (C=O) groups is 1. The maximum Gasteiger partial charge on any atom is 0.293 e. The van der Waals surface area contributed by atoms with E-state index in [4.69, 9.17) is 21.4 Å². The summed E-state index contributed by atoms with van der Waals surface area (Å²) in [6.45, 7) is 2.53. The quantitative estimate of drug-likeness (QED) is 0.183. The molecule has 1 saturated heterocycles. The molecule has 0 atom stereocenters. The van der Waals surface area contributed by atoms with Gasteiger partial charge in [0, 0.05) is 35.3 Å². The highest BCUT2D eigenvalue weighted by Crippen LogP contribution is 2.30. The van der Waals surface area contributed by atoms with Crippen molar-refractivity contribution in [2.75, 3.05) is 31.2 Å². The van der Waals surface area contributed by atoms with Crippen molar-refractivity contribution in [2.45, 2.75) is 6.54 Å². The SMILES string of the molecule is O=C(/C=C/c1ccc(N2CCOCC2)c([N+](=O)[O-])c1)NC(=S)NCc1ccc(-c2ccc(Br)cc2)o1. The molecule has 1 aliphatic rings. The van der Waals surface area contributed by atoms with Gasteiger partial charge in [0.15, 0.2) is 5.11 Å². The highest BCUT2D eigenvalue weighted by Gasteiger charge is 2.21. The molecule has 0 radical (unpaired) electrons. The Morgan fingerprint density at radius 3 is 2.61 bits per heavy atom. The average Bonchev–Trinajstić information content (AvgIpc) is 3.36. The highest BCUT2D eigenvalue weighted by atomic mass is 79.9. The first-order valence-electron chi connectivity index (χ1n) is 11.1. The van der Waals surface area contributed by atoms with Crippen LogP contribution in [0.25, 0.3) is 17.4 Å². The van der Waals surface area contributed by atoms with Crippen LogP contribution in [-0.4, -0.2) is 42.2 Å². The summed E-state index contributed by atoms with van der Waals surface area (Å²) in [5, 5.41) is 17.2. The number of anilines is 1. The summed E-state index contributed by atoms with van der Waals surface area (Å²) < 4.78 is 12.1. The molecule has 2 N–H and O–H groups in total. The zero-order valence-corrected chi connectivity index (χ0v) is 21.5. The fourth-order valence-corrected chi connectivity index (χ4v) is 4.08. The maximum absolute atomic E-state index is 12.3. The standard InChI is InChI=1S/C25H23BrN4O5S/c26-19-5-3-18(4-6-19)23-9-7-20(35-23)16-27-25(36)28-24(31)10-2-17-1-8-21(22(15-17)30(32)33)29-11-13-34-14-12-29/h1-10,15H,11-14,16H2,(H2,27,28,31,36)/b10-2+. The first-order valence-corrected chi connectivity index (χ1v) is 12.3. The highest BCUT2D eigenvalue weighted by molar-refractivity contribution is 9.10. The molecule has 0 bridgehead atoms. The van der Waals surface area contributed by atoms with Crippen molar-refractivity contribution in [1.82, 2.24) is 10.6 Å². The van der Waals surface area contributed by atoms with Gasteiger partial charge in [0.25, 0.3) is 5.69 Å². The molecule has 2 aromatic carbocycles. The lowest BCUT2D eigenvalue weighted by atomic mass is 10.1. The number of nitro benzene ring substituents is 1. The molecule has 0 spiro atoms. The fraction of sp³-hybridized carbons (Fsp3) is 0.200. The summed E-state index contributed by atoms with van der Waals surface area (Å²) in [6.07, 6.45) is 2.78. The largest absolute Gasteiger partial charge is 0.459 e. The van der Waals surface area contributed by atoms with Gasteiger partial charge in [0.1, 0.15) is 17.2 Å². The number of morpholine rings is 1. The molecule has 4 rings (SSSR count). The Hall–Kier alpha value is -3.54. The molecule has 186 valence electrons. The molecule has 3 aromatic rings. The Balaban J connectivity index is 1.30. The van der Waals surface area contributed by atoms with Crippen molar-refractivity contribution in [1.29, 1.82) is 0 Å². The number of nitrogens with one attached hydrogen (secondary N) is 2. The second-order valence-corrected chi connectivity index (χ2v) is 9.21. The minimum Gasteiger partial charge on any atom is -0.459 e. The molecule has 1 fully saturated rings. The van der Waals surface area contributed by atoms with Crippen LogP contribution < -0.4 is 15.5 Å². The second-order valence-electron chi connectivity index (χ2n) is 7.88. The monoisotopic (exact) mass is 570 g/mol. The van der Waals surface area contributed by atoms with Gasteiger partial charge in [0.05, 0.1) is 24.7 Å². The third-order valence-electron chi connectivity index (χ3n) is 5.43. The van der Waals surface area contributed by atoms with Gasteiger partial charge in [-0.1, -0.05) is 34.1 Å². The predicted molar refractivity (Wildman–Crippen MR) is 145 cm³/mol. The molecule has 36 heavy (non-hydrogen) atoms. The van der Waals surface area contributed by atoms with Crippen LogP contribution >= 0.6 is 28.1 Å². The van der Waals surface area contributed by atoms with Gasteiger partial charge in [-0.3, -0.25) is 20.2 Å². The van der Waals surface area contributed by atoms with Crippen molar-refractivity contribution in [3.05, 3.63) is 86.6 Å². The lowest BCUT2D eigenvalue weighted by Gasteiger charge is -2.28. The smallest absolute Gasteiger partial charge is 0.293 e. The number of nitro groups is 1. The van der Waals surface area contributed by atoms with E-state index in [2.05, 4.69) is 26.6 Å². The molecular weight excluding hydrogens is 548 g/mol. The van der Waals surface area contributed by atoms with Crippen LogP contribution in [0.2, 0.25) is 0 Å². The zero-order valence-electron chi connectivity index (χ0n) is 19.1. The Morgan fingerprint density at radius 2 is 1.89 bits per heavy atom. The maximum atomic E-state index is 12.3.